The van der Waals surface area contributed by atoms with Crippen LogP contribution in [0, 0.1) is 0 Å². The van der Waals surface area contributed by atoms with Crippen molar-refractivity contribution in [2.24, 2.45) is 5.73 Å². The first kappa shape index (κ1) is 14.6. The highest BCUT2D eigenvalue weighted by Gasteiger charge is 2.19. The van der Waals surface area contributed by atoms with Crippen molar-refractivity contribution in [2.45, 2.75) is 6.54 Å². The molecule has 1 fully saturated rings. The number of hydrogen-bond acceptors (Lipinski definition) is 4. The topological polar surface area (TPSA) is 41.7 Å². The molecule has 1 saturated heterocycles. The molecule has 0 atom stereocenters. The quantitative estimate of drug-likeness (QED) is 0.891. The van der Waals surface area contributed by atoms with Crippen molar-refractivity contribution in [3.63, 3.8) is 0 Å². The van der Waals surface area contributed by atoms with Gasteiger partial charge in [0.15, 0.2) is 0 Å². The Morgan fingerprint density at radius 2 is 2.00 bits per heavy atom. The molecule has 0 radical (unpaired) electrons. The summed E-state index contributed by atoms with van der Waals surface area (Å²) in [7, 11) is 1.75. The number of halogens is 1. The molecule has 4 nitrogen and oxygen atoms in total. The van der Waals surface area contributed by atoms with E-state index in [1.807, 2.05) is 12.1 Å². The number of rotatable bonds is 5. The molecule has 19 heavy (non-hydrogen) atoms. The van der Waals surface area contributed by atoms with Gasteiger partial charge >= 0.3 is 0 Å². The third-order valence-electron chi connectivity index (χ3n) is 3.62. The lowest BCUT2D eigenvalue weighted by molar-refractivity contribution is 0.144. The zero-order valence-electron chi connectivity index (χ0n) is 11.4. The fourth-order valence-corrected chi connectivity index (χ4v) is 2.73. The minimum absolute atomic E-state index is 0.485. The van der Waals surface area contributed by atoms with E-state index in [0.717, 1.165) is 49.9 Å². The highest BCUT2D eigenvalue weighted by Crippen LogP contribution is 2.27. The van der Waals surface area contributed by atoms with E-state index >= 15 is 0 Å². The largest absolute Gasteiger partial charge is 0.383 e. The molecule has 1 aliphatic heterocycles. The van der Waals surface area contributed by atoms with Gasteiger partial charge < -0.3 is 15.4 Å². The fraction of sp³-hybridized carbons (Fsp3) is 0.571. The number of nitrogens with zero attached hydrogens (tertiary/aromatic N) is 2. The number of piperazine rings is 1. The first-order chi connectivity index (χ1) is 9.26. The Bertz CT molecular complexity index is 406. The highest BCUT2D eigenvalue weighted by atomic mass is 35.5. The van der Waals surface area contributed by atoms with Crippen LogP contribution in [0.2, 0.25) is 5.02 Å². The smallest absolute Gasteiger partial charge is 0.0589 e. The Kier molecular flexibility index (Phi) is 5.45. The second-order valence-electron chi connectivity index (χ2n) is 4.76. The van der Waals surface area contributed by atoms with Crippen LogP contribution in [-0.2, 0) is 11.3 Å². The Hall–Kier alpha value is -0.810. The summed E-state index contributed by atoms with van der Waals surface area (Å²) in [4.78, 5) is 4.80. The maximum Gasteiger partial charge on any atom is 0.0589 e. The van der Waals surface area contributed by atoms with Crippen LogP contribution in [0.4, 0.5) is 5.69 Å². The van der Waals surface area contributed by atoms with E-state index in [9.17, 15) is 0 Å². The molecule has 2 rings (SSSR count). The zero-order chi connectivity index (χ0) is 13.7. The molecule has 2 N–H and O–H groups in total. The van der Waals surface area contributed by atoms with Crippen LogP contribution in [-0.4, -0.2) is 51.3 Å². The number of hydrogen-bond donors (Lipinski definition) is 1. The van der Waals surface area contributed by atoms with E-state index in [1.165, 1.54) is 5.69 Å². The van der Waals surface area contributed by atoms with Gasteiger partial charge in [-0.3, -0.25) is 4.90 Å². The molecule has 5 heteroatoms. The Labute approximate surface area is 120 Å². The van der Waals surface area contributed by atoms with Gasteiger partial charge in [0.05, 0.1) is 6.61 Å². The van der Waals surface area contributed by atoms with Crippen molar-refractivity contribution < 1.29 is 4.74 Å². The molecule has 0 amide bonds. The van der Waals surface area contributed by atoms with Crippen molar-refractivity contribution in [3.05, 3.63) is 28.8 Å². The molecule has 0 aliphatic carbocycles. The van der Waals surface area contributed by atoms with Crippen LogP contribution in [0.5, 0.6) is 0 Å². The van der Waals surface area contributed by atoms with E-state index in [4.69, 9.17) is 22.1 Å². The van der Waals surface area contributed by atoms with Gasteiger partial charge in [-0.15, -0.1) is 0 Å². The van der Waals surface area contributed by atoms with Crippen LogP contribution >= 0.6 is 11.6 Å². The van der Waals surface area contributed by atoms with Crippen molar-refractivity contribution >= 4 is 17.3 Å². The first-order valence-corrected chi connectivity index (χ1v) is 7.07. The lowest BCUT2D eigenvalue weighted by Gasteiger charge is -2.37. The van der Waals surface area contributed by atoms with E-state index in [0.29, 0.717) is 6.54 Å². The van der Waals surface area contributed by atoms with Crippen molar-refractivity contribution in [1.82, 2.24) is 4.90 Å². The molecule has 0 bridgehead atoms. The summed E-state index contributed by atoms with van der Waals surface area (Å²) in [6.45, 7) is 6.42. The predicted molar refractivity (Wildman–Crippen MR) is 79.9 cm³/mol. The lowest BCUT2D eigenvalue weighted by Crippen LogP contribution is -2.47. The van der Waals surface area contributed by atoms with Crippen LogP contribution in [0.25, 0.3) is 0 Å². The van der Waals surface area contributed by atoms with Crippen molar-refractivity contribution in [3.8, 4) is 0 Å². The van der Waals surface area contributed by atoms with Gasteiger partial charge in [0.1, 0.15) is 0 Å². The molecule has 1 aliphatic rings. The summed E-state index contributed by atoms with van der Waals surface area (Å²) in [5.41, 5.74) is 8.05. The first-order valence-electron chi connectivity index (χ1n) is 6.70. The molecule has 0 spiro atoms. The third kappa shape index (κ3) is 3.60. The third-order valence-corrected chi connectivity index (χ3v) is 3.98. The van der Waals surface area contributed by atoms with Gasteiger partial charge in [-0.1, -0.05) is 17.7 Å². The second kappa shape index (κ2) is 7.10. The van der Waals surface area contributed by atoms with Gasteiger partial charge in [0, 0.05) is 62.7 Å². The molecular formula is C14H22ClN3O. The monoisotopic (exact) mass is 283 g/mol. The maximum atomic E-state index is 6.21. The summed E-state index contributed by atoms with van der Waals surface area (Å²) >= 11 is 6.21. The fourth-order valence-electron chi connectivity index (χ4n) is 2.48. The van der Waals surface area contributed by atoms with Gasteiger partial charge in [-0.2, -0.15) is 0 Å². The normalized spacial score (nSPS) is 16.9. The molecule has 0 aromatic heterocycles. The molecular weight excluding hydrogens is 262 g/mol. The summed E-state index contributed by atoms with van der Waals surface area (Å²) in [6.07, 6.45) is 0. The van der Waals surface area contributed by atoms with Gasteiger partial charge in [0.25, 0.3) is 0 Å². The average molecular weight is 284 g/mol. The van der Waals surface area contributed by atoms with Crippen LogP contribution in [0.15, 0.2) is 18.2 Å². The minimum Gasteiger partial charge on any atom is -0.383 e. The number of anilines is 1. The molecule has 1 heterocycles. The van der Waals surface area contributed by atoms with E-state index in [1.54, 1.807) is 7.11 Å². The summed E-state index contributed by atoms with van der Waals surface area (Å²) in [5, 5.41) is 0.766. The summed E-state index contributed by atoms with van der Waals surface area (Å²) in [5.74, 6) is 0. The minimum atomic E-state index is 0.485. The Morgan fingerprint density at radius 1 is 1.26 bits per heavy atom. The van der Waals surface area contributed by atoms with Crippen LogP contribution in [0.3, 0.4) is 0 Å². The standard InChI is InChI=1S/C14H22ClN3O/c1-19-10-9-17-5-7-18(8-6-17)14-4-2-3-13(15)12(14)11-16/h2-4H,5-11,16H2,1H3. The molecule has 1 aromatic carbocycles. The lowest BCUT2D eigenvalue weighted by atomic mass is 10.1. The Balaban J connectivity index is 1.99. The number of ether oxygens (including phenoxy) is 1. The SMILES string of the molecule is COCCN1CCN(c2cccc(Cl)c2CN)CC1. The zero-order valence-corrected chi connectivity index (χ0v) is 12.2. The van der Waals surface area contributed by atoms with Gasteiger partial charge in [-0.25, -0.2) is 0 Å². The molecule has 0 unspecified atom stereocenters. The number of nitrogens with two attached hydrogens (primary N) is 1. The van der Waals surface area contributed by atoms with Gasteiger partial charge in [-0.05, 0) is 12.1 Å². The second-order valence-corrected chi connectivity index (χ2v) is 5.17. The highest BCUT2D eigenvalue weighted by molar-refractivity contribution is 6.31. The summed E-state index contributed by atoms with van der Waals surface area (Å²) in [6, 6.07) is 6.01. The molecule has 106 valence electrons. The van der Waals surface area contributed by atoms with Crippen molar-refractivity contribution in [1.29, 1.82) is 0 Å². The van der Waals surface area contributed by atoms with E-state index in [2.05, 4.69) is 15.9 Å². The Morgan fingerprint density at radius 3 is 2.63 bits per heavy atom. The molecule has 0 saturated carbocycles. The summed E-state index contributed by atoms with van der Waals surface area (Å²) < 4.78 is 5.12. The van der Waals surface area contributed by atoms with Crippen LogP contribution < -0.4 is 10.6 Å². The maximum absolute atomic E-state index is 6.21. The van der Waals surface area contributed by atoms with E-state index in [-0.39, 0.29) is 0 Å². The van der Waals surface area contributed by atoms with Crippen LogP contribution in [0.1, 0.15) is 5.56 Å². The number of benzene rings is 1. The predicted octanol–water partition coefficient (Wildman–Crippen LogP) is 1.57. The number of methoxy groups -OCH3 is 1. The van der Waals surface area contributed by atoms with Crippen molar-refractivity contribution in [2.75, 3.05) is 51.3 Å². The molecule has 1 aromatic rings. The van der Waals surface area contributed by atoms with Gasteiger partial charge in [0.2, 0.25) is 0 Å². The van der Waals surface area contributed by atoms with E-state index < -0.39 is 0 Å². The average Bonchev–Trinajstić information content (AvgIpc) is 2.45.